The van der Waals surface area contributed by atoms with Gasteiger partial charge >= 0.3 is 5.97 Å². The van der Waals surface area contributed by atoms with Gasteiger partial charge in [-0.15, -0.1) is 6.58 Å². The highest BCUT2D eigenvalue weighted by Crippen LogP contribution is 2.27. The molecule has 0 aromatic carbocycles. The molecule has 1 atom stereocenters. The Bertz CT molecular complexity index is 251. The molecule has 1 aliphatic rings. The Kier molecular flexibility index (Phi) is 5.35. The molecule has 0 aromatic rings. The van der Waals surface area contributed by atoms with Crippen LogP contribution >= 0.6 is 11.8 Å². The van der Waals surface area contributed by atoms with E-state index in [0.29, 0.717) is 12.8 Å². The predicted molar refractivity (Wildman–Crippen MR) is 68.9 cm³/mol. The maximum Gasteiger partial charge on any atom is 0.309 e. The number of rotatable bonds is 6. The number of carboxylic acid groups (broad SMARTS) is 1. The van der Waals surface area contributed by atoms with E-state index in [1.54, 1.807) is 6.08 Å². The van der Waals surface area contributed by atoms with Crippen LogP contribution in [-0.4, -0.2) is 47.1 Å². The zero-order valence-corrected chi connectivity index (χ0v) is 10.8. The van der Waals surface area contributed by atoms with E-state index in [9.17, 15) is 9.90 Å². The van der Waals surface area contributed by atoms with Gasteiger partial charge in [0, 0.05) is 24.6 Å². The van der Waals surface area contributed by atoms with Crippen molar-refractivity contribution < 1.29 is 9.90 Å². The summed E-state index contributed by atoms with van der Waals surface area (Å²) in [6.07, 6.45) is 2.96. The molecule has 92 valence electrons. The maximum absolute atomic E-state index is 11.2. The zero-order chi connectivity index (χ0) is 12.0. The summed E-state index contributed by atoms with van der Waals surface area (Å²) in [4.78, 5) is 13.6. The van der Waals surface area contributed by atoms with Crippen molar-refractivity contribution in [1.82, 2.24) is 4.90 Å². The summed E-state index contributed by atoms with van der Waals surface area (Å²) in [5, 5.41) is 9.22. The summed E-state index contributed by atoms with van der Waals surface area (Å²) in [5.41, 5.74) is -0.646. The lowest BCUT2D eigenvalue weighted by molar-refractivity contribution is -0.148. The fraction of sp³-hybridized carbons (Fsp3) is 0.750. The molecule has 0 aliphatic carbocycles. The minimum atomic E-state index is -0.709. The highest BCUT2D eigenvalue weighted by molar-refractivity contribution is 7.99. The molecular weight excluding hydrogens is 222 g/mol. The van der Waals surface area contributed by atoms with E-state index >= 15 is 0 Å². The van der Waals surface area contributed by atoms with Crippen LogP contribution in [0.5, 0.6) is 0 Å². The van der Waals surface area contributed by atoms with Gasteiger partial charge in [0.05, 0.1) is 5.41 Å². The second-order valence-electron chi connectivity index (χ2n) is 4.56. The van der Waals surface area contributed by atoms with Gasteiger partial charge in [0.25, 0.3) is 0 Å². The lowest BCUT2D eigenvalue weighted by Gasteiger charge is -2.30. The van der Waals surface area contributed by atoms with E-state index in [-0.39, 0.29) is 0 Å². The van der Waals surface area contributed by atoms with Crippen molar-refractivity contribution in [2.45, 2.75) is 19.8 Å². The van der Waals surface area contributed by atoms with Gasteiger partial charge in [-0.3, -0.25) is 4.79 Å². The number of aliphatic carboxylic acids is 1. The van der Waals surface area contributed by atoms with Crippen LogP contribution in [-0.2, 0) is 4.79 Å². The molecular formula is C12H21NO2S. The van der Waals surface area contributed by atoms with Crippen LogP contribution in [0, 0.1) is 5.41 Å². The molecule has 1 fully saturated rings. The molecule has 0 bridgehead atoms. The molecule has 16 heavy (non-hydrogen) atoms. The molecule has 3 nitrogen and oxygen atoms in total. The standard InChI is InChI=1S/C12H21NO2S/c1-3-4-12(2,11(14)15)5-6-13-7-9-16-10-8-13/h3H,1,4-10H2,2H3,(H,14,15)/t12-/m1/s1. The Morgan fingerprint density at radius 2 is 2.19 bits per heavy atom. The minimum Gasteiger partial charge on any atom is -0.481 e. The molecule has 1 rings (SSSR count). The third-order valence-corrected chi connectivity index (χ3v) is 4.14. The lowest BCUT2D eigenvalue weighted by Crippen LogP contribution is -2.37. The van der Waals surface area contributed by atoms with Gasteiger partial charge in [-0.1, -0.05) is 6.08 Å². The van der Waals surface area contributed by atoms with Gasteiger partial charge in [0.1, 0.15) is 0 Å². The SMILES string of the molecule is C=CC[C@](C)(CCN1CCSCC1)C(=O)O. The average molecular weight is 243 g/mol. The van der Waals surface area contributed by atoms with E-state index in [1.165, 1.54) is 11.5 Å². The first-order chi connectivity index (χ1) is 7.58. The van der Waals surface area contributed by atoms with E-state index in [1.807, 2.05) is 18.7 Å². The Morgan fingerprint density at radius 3 is 2.69 bits per heavy atom. The van der Waals surface area contributed by atoms with Crippen molar-refractivity contribution in [3.63, 3.8) is 0 Å². The van der Waals surface area contributed by atoms with Crippen LogP contribution in [0.1, 0.15) is 19.8 Å². The molecule has 1 N–H and O–H groups in total. The zero-order valence-electron chi connectivity index (χ0n) is 9.95. The van der Waals surface area contributed by atoms with Gasteiger partial charge in [0.15, 0.2) is 0 Å². The Hall–Kier alpha value is -0.480. The maximum atomic E-state index is 11.2. The average Bonchev–Trinajstić information content (AvgIpc) is 2.28. The van der Waals surface area contributed by atoms with Crippen molar-refractivity contribution in [2.24, 2.45) is 5.41 Å². The molecule has 1 saturated heterocycles. The molecule has 1 aliphatic heterocycles. The third kappa shape index (κ3) is 3.83. The summed E-state index contributed by atoms with van der Waals surface area (Å²) in [6.45, 7) is 8.53. The fourth-order valence-corrected chi connectivity index (χ4v) is 2.82. The largest absolute Gasteiger partial charge is 0.481 e. The molecule has 1 heterocycles. The Morgan fingerprint density at radius 1 is 1.56 bits per heavy atom. The highest BCUT2D eigenvalue weighted by Gasteiger charge is 2.32. The predicted octanol–water partition coefficient (Wildman–Crippen LogP) is 2.09. The first-order valence-corrected chi connectivity index (χ1v) is 6.88. The molecule has 0 unspecified atom stereocenters. The lowest BCUT2D eigenvalue weighted by atomic mass is 9.83. The molecule has 0 spiro atoms. The summed E-state index contributed by atoms with van der Waals surface area (Å²) >= 11 is 1.97. The van der Waals surface area contributed by atoms with Crippen LogP contribution in [0.3, 0.4) is 0 Å². The molecule has 0 saturated carbocycles. The molecule has 0 radical (unpaired) electrons. The van der Waals surface area contributed by atoms with Crippen LogP contribution in [0.25, 0.3) is 0 Å². The number of carboxylic acids is 1. The van der Waals surface area contributed by atoms with Gasteiger partial charge in [0.2, 0.25) is 0 Å². The number of allylic oxidation sites excluding steroid dienone is 1. The van der Waals surface area contributed by atoms with Crippen LogP contribution in [0.2, 0.25) is 0 Å². The smallest absolute Gasteiger partial charge is 0.309 e. The van der Waals surface area contributed by atoms with Crippen LogP contribution in [0.15, 0.2) is 12.7 Å². The highest BCUT2D eigenvalue weighted by atomic mass is 32.2. The first kappa shape index (κ1) is 13.6. The Balaban J connectivity index is 2.42. The van der Waals surface area contributed by atoms with E-state index in [2.05, 4.69) is 11.5 Å². The van der Waals surface area contributed by atoms with Crippen molar-refractivity contribution in [2.75, 3.05) is 31.1 Å². The normalized spacial score (nSPS) is 21.3. The van der Waals surface area contributed by atoms with E-state index in [4.69, 9.17) is 0 Å². The number of hydrogen-bond donors (Lipinski definition) is 1. The summed E-state index contributed by atoms with van der Waals surface area (Å²) in [6, 6.07) is 0. The third-order valence-electron chi connectivity index (χ3n) is 3.19. The van der Waals surface area contributed by atoms with Crippen LogP contribution in [0.4, 0.5) is 0 Å². The quantitative estimate of drug-likeness (QED) is 0.725. The second-order valence-corrected chi connectivity index (χ2v) is 5.79. The minimum absolute atomic E-state index is 0.547. The second kappa shape index (κ2) is 6.30. The summed E-state index contributed by atoms with van der Waals surface area (Å²) < 4.78 is 0. The number of carbonyl (C=O) groups is 1. The molecule has 0 amide bonds. The monoisotopic (exact) mass is 243 g/mol. The summed E-state index contributed by atoms with van der Waals surface area (Å²) in [5.74, 6) is 1.63. The van der Waals surface area contributed by atoms with Gasteiger partial charge in [-0.25, -0.2) is 0 Å². The fourth-order valence-electron chi connectivity index (χ4n) is 1.84. The van der Waals surface area contributed by atoms with Crippen molar-refractivity contribution in [1.29, 1.82) is 0 Å². The van der Waals surface area contributed by atoms with Crippen LogP contribution < -0.4 is 0 Å². The van der Waals surface area contributed by atoms with Crippen molar-refractivity contribution in [3.05, 3.63) is 12.7 Å². The van der Waals surface area contributed by atoms with Crippen molar-refractivity contribution in [3.8, 4) is 0 Å². The first-order valence-electron chi connectivity index (χ1n) is 5.73. The van der Waals surface area contributed by atoms with E-state index < -0.39 is 11.4 Å². The molecule has 4 heteroatoms. The summed E-state index contributed by atoms with van der Waals surface area (Å²) in [7, 11) is 0. The van der Waals surface area contributed by atoms with Gasteiger partial charge < -0.3 is 10.0 Å². The number of thioether (sulfide) groups is 1. The van der Waals surface area contributed by atoms with Gasteiger partial charge in [-0.2, -0.15) is 11.8 Å². The molecule has 0 aromatic heterocycles. The van der Waals surface area contributed by atoms with E-state index in [0.717, 1.165) is 19.6 Å². The number of hydrogen-bond acceptors (Lipinski definition) is 3. The van der Waals surface area contributed by atoms with Crippen molar-refractivity contribution >= 4 is 17.7 Å². The van der Waals surface area contributed by atoms with Gasteiger partial charge in [-0.05, 0) is 26.3 Å². The Labute approximate surface area is 102 Å². The topological polar surface area (TPSA) is 40.5 Å². The number of nitrogens with zero attached hydrogens (tertiary/aromatic N) is 1.